The van der Waals surface area contributed by atoms with Crippen molar-refractivity contribution in [1.29, 1.82) is 0 Å². The Morgan fingerprint density at radius 3 is 2.62 bits per heavy atom. The zero-order chi connectivity index (χ0) is 17.9. The molecular formula is C16H13BrClFN2O3. The quantitative estimate of drug-likeness (QED) is 0.725. The zero-order valence-corrected chi connectivity index (χ0v) is 14.9. The summed E-state index contributed by atoms with van der Waals surface area (Å²) in [5.41, 5.74) is 5.26. The third-order valence-corrected chi connectivity index (χ3v) is 3.85. The summed E-state index contributed by atoms with van der Waals surface area (Å²) in [5, 5.41) is 2.65. The molecule has 0 aliphatic carbocycles. The van der Waals surface area contributed by atoms with Crippen molar-refractivity contribution in [1.82, 2.24) is 0 Å². The summed E-state index contributed by atoms with van der Waals surface area (Å²) in [6, 6.07) is 6.96. The van der Waals surface area contributed by atoms with E-state index in [9.17, 15) is 14.0 Å². The second-order valence-corrected chi connectivity index (χ2v) is 6.00. The molecular weight excluding hydrogens is 403 g/mol. The van der Waals surface area contributed by atoms with Gasteiger partial charge in [-0.2, -0.15) is 0 Å². The Labute approximate surface area is 151 Å². The zero-order valence-electron chi connectivity index (χ0n) is 12.5. The number of carbonyl (C=O) groups is 2. The van der Waals surface area contributed by atoms with E-state index in [-0.39, 0.29) is 26.3 Å². The summed E-state index contributed by atoms with van der Waals surface area (Å²) in [7, 11) is 0. The van der Waals surface area contributed by atoms with Crippen LogP contribution >= 0.6 is 27.5 Å². The molecule has 0 spiro atoms. The standard InChI is InChI=1S/C16H13BrClFN2O3/c1-2-24-9-3-4-13(10(7-9)15(20)22)21-16(23)11-5-8(18)6-12(17)14(11)19/h3-7H,2H2,1H3,(H2,20,22)(H,21,23). The van der Waals surface area contributed by atoms with Crippen LogP contribution in [0, 0.1) is 5.82 Å². The van der Waals surface area contributed by atoms with Gasteiger partial charge in [-0.05, 0) is 53.2 Å². The van der Waals surface area contributed by atoms with Gasteiger partial charge in [0.2, 0.25) is 0 Å². The van der Waals surface area contributed by atoms with Gasteiger partial charge < -0.3 is 15.8 Å². The highest BCUT2D eigenvalue weighted by Gasteiger charge is 2.18. The number of anilines is 1. The largest absolute Gasteiger partial charge is 0.494 e. The predicted molar refractivity (Wildman–Crippen MR) is 93.2 cm³/mol. The Morgan fingerprint density at radius 1 is 1.29 bits per heavy atom. The van der Waals surface area contributed by atoms with Gasteiger partial charge in [0.1, 0.15) is 11.6 Å². The molecule has 24 heavy (non-hydrogen) atoms. The Morgan fingerprint density at radius 2 is 2.00 bits per heavy atom. The van der Waals surface area contributed by atoms with E-state index in [0.717, 1.165) is 0 Å². The van der Waals surface area contributed by atoms with Crippen LogP contribution in [-0.2, 0) is 0 Å². The maximum Gasteiger partial charge on any atom is 0.258 e. The third kappa shape index (κ3) is 4.04. The predicted octanol–water partition coefficient (Wildman–Crippen LogP) is 3.99. The van der Waals surface area contributed by atoms with Crippen molar-refractivity contribution in [2.24, 2.45) is 5.73 Å². The van der Waals surface area contributed by atoms with E-state index in [1.54, 1.807) is 13.0 Å². The number of halogens is 3. The van der Waals surface area contributed by atoms with Crippen LogP contribution in [0.1, 0.15) is 27.6 Å². The van der Waals surface area contributed by atoms with E-state index >= 15 is 0 Å². The molecule has 0 radical (unpaired) electrons. The van der Waals surface area contributed by atoms with Gasteiger partial charge >= 0.3 is 0 Å². The Bertz CT molecular complexity index is 814. The number of nitrogens with two attached hydrogens (primary N) is 1. The van der Waals surface area contributed by atoms with Crippen molar-refractivity contribution >= 4 is 45.0 Å². The topological polar surface area (TPSA) is 81.4 Å². The molecule has 0 aliphatic rings. The minimum absolute atomic E-state index is 0.0517. The second-order valence-electron chi connectivity index (χ2n) is 4.71. The number of ether oxygens (including phenoxy) is 1. The number of hydrogen-bond acceptors (Lipinski definition) is 3. The van der Waals surface area contributed by atoms with Gasteiger partial charge in [0.25, 0.3) is 11.8 Å². The second kappa shape index (κ2) is 7.63. The fourth-order valence-electron chi connectivity index (χ4n) is 2.00. The molecule has 0 saturated heterocycles. The number of hydrogen-bond donors (Lipinski definition) is 2. The van der Waals surface area contributed by atoms with Crippen molar-refractivity contribution < 1.29 is 18.7 Å². The fourth-order valence-corrected chi connectivity index (χ4v) is 2.81. The van der Waals surface area contributed by atoms with Crippen LogP contribution in [0.25, 0.3) is 0 Å². The average Bonchev–Trinajstić information content (AvgIpc) is 2.52. The molecule has 0 aromatic heterocycles. The van der Waals surface area contributed by atoms with Gasteiger partial charge in [-0.25, -0.2) is 4.39 Å². The Kier molecular flexibility index (Phi) is 5.80. The van der Waals surface area contributed by atoms with Crippen molar-refractivity contribution in [2.45, 2.75) is 6.92 Å². The van der Waals surface area contributed by atoms with Crippen LogP contribution in [0.4, 0.5) is 10.1 Å². The molecule has 2 amide bonds. The van der Waals surface area contributed by atoms with Gasteiger partial charge in [0.15, 0.2) is 0 Å². The van der Waals surface area contributed by atoms with Gasteiger partial charge in [-0.15, -0.1) is 0 Å². The summed E-state index contributed by atoms with van der Waals surface area (Å²) in [6.45, 7) is 2.20. The number of rotatable bonds is 5. The summed E-state index contributed by atoms with van der Waals surface area (Å²) in [5.74, 6) is -1.84. The molecule has 5 nitrogen and oxygen atoms in total. The van der Waals surface area contributed by atoms with Crippen LogP contribution in [-0.4, -0.2) is 18.4 Å². The van der Waals surface area contributed by atoms with Crippen molar-refractivity contribution in [3.8, 4) is 5.75 Å². The molecule has 2 aromatic carbocycles. The van der Waals surface area contributed by atoms with Crippen molar-refractivity contribution in [2.75, 3.05) is 11.9 Å². The monoisotopic (exact) mass is 414 g/mol. The minimum atomic E-state index is -0.762. The Balaban J connectivity index is 2.37. The summed E-state index contributed by atoms with van der Waals surface area (Å²) >= 11 is 8.82. The molecule has 0 fully saturated rings. The van der Waals surface area contributed by atoms with E-state index in [0.29, 0.717) is 12.4 Å². The summed E-state index contributed by atoms with van der Waals surface area (Å²) in [4.78, 5) is 23.9. The van der Waals surface area contributed by atoms with Gasteiger partial charge in [-0.3, -0.25) is 9.59 Å². The van der Waals surface area contributed by atoms with Gasteiger partial charge in [0, 0.05) is 5.02 Å². The lowest BCUT2D eigenvalue weighted by molar-refractivity contribution is 0.100. The molecule has 0 saturated carbocycles. The van der Waals surface area contributed by atoms with Crippen LogP contribution in [0.5, 0.6) is 5.75 Å². The molecule has 2 rings (SSSR count). The van der Waals surface area contributed by atoms with E-state index in [1.165, 1.54) is 24.3 Å². The van der Waals surface area contributed by atoms with E-state index in [2.05, 4.69) is 21.2 Å². The molecule has 8 heteroatoms. The van der Waals surface area contributed by atoms with Crippen molar-refractivity contribution in [3.05, 3.63) is 56.8 Å². The number of primary amides is 1. The molecule has 0 atom stereocenters. The minimum Gasteiger partial charge on any atom is -0.494 e. The first-order valence-corrected chi connectivity index (χ1v) is 8.03. The molecule has 0 bridgehead atoms. The molecule has 0 heterocycles. The molecule has 2 aromatic rings. The van der Waals surface area contributed by atoms with Crippen LogP contribution in [0.2, 0.25) is 5.02 Å². The van der Waals surface area contributed by atoms with Crippen LogP contribution < -0.4 is 15.8 Å². The number of carbonyl (C=O) groups excluding carboxylic acids is 2. The number of benzene rings is 2. The van der Waals surface area contributed by atoms with Gasteiger partial charge in [-0.1, -0.05) is 11.6 Å². The highest BCUT2D eigenvalue weighted by molar-refractivity contribution is 9.10. The molecule has 126 valence electrons. The maximum absolute atomic E-state index is 14.1. The SMILES string of the molecule is CCOc1ccc(NC(=O)c2cc(Cl)cc(Br)c2F)c(C(N)=O)c1. The number of nitrogens with one attached hydrogen (secondary N) is 1. The Hall–Kier alpha value is -2.12. The average molecular weight is 416 g/mol. The normalized spacial score (nSPS) is 10.3. The lowest BCUT2D eigenvalue weighted by Gasteiger charge is -2.12. The van der Waals surface area contributed by atoms with Crippen LogP contribution in [0.15, 0.2) is 34.8 Å². The third-order valence-electron chi connectivity index (χ3n) is 3.05. The van der Waals surface area contributed by atoms with Gasteiger partial charge in [0.05, 0.1) is 27.9 Å². The fraction of sp³-hybridized carbons (Fsp3) is 0.125. The maximum atomic E-state index is 14.1. The van der Waals surface area contributed by atoms with Crippen LogP contribution in [0.3, 0.4) is 0 Å². The van der Waals surface area contributed by atoms with Crippen molar-refractivity contribution in [3.63, 3.8) is 0 Å². The smallest absolute Gasteiger partial charge is 0.258 e. The first-order chi connectivity index (χ1) is 11.3. The highest BCUT2D eigenvalue weighted by atomic mass is 79.9. The lowest BCUT2D eigenvalue weighted by Crippen LogP contribution is -2.19. The van der Waals surface area contributed by atoms with E-state index in [4.69, 9.17) is 22.1 Å². The first-order valence-electron chi connectivity index (χ1n) is 6.86. The van der Waals surface area contributed by atoms with E-state index < -0.39 is 17.6 Å². The molecule has 0 aliphatic heterocycles. The first kappa shape index (κ1) is 18.2. The summed E-state index contributed by atoms with van der Waals surface area (Å²) < 4.78 is 19.4. The highest BCUT2D eigenvalue weighted by Crippen LogP contribution is 2.27. The van der Waals surface area contributed by atoms with E-state index in [1.807, 2.05) is 0 Å². The lowest BCUT2D eigenvalue weighted by atomic mass is 10.1. The number of amides is 2. The molecule has 3 N–H and O–H groups in total. The molecule has 0 unspecified atom stereocenters. The summed E-state index contributed by atoms with van der Waals surface area (Å²) in [6.07, 6.45) is 0.